The number of hydrogen-bond donors (Lipinski definition) is 1. The van der Waals surface area contributed by atoms with Crippen LogP contribution in [0.15, 0.2) is 35.3 Å². The van der Waals surface area contributed by atoms with Crippen LogP contribution in [0.4, 0.5) is 0 Å². The summed E-state index contributed by atoms with van der Waals surface area (Å²) in [6, 6.07) is 10.9. The number of nitrogens with zero attached hydrogens (tertiary/aromatic N) is 2. The Kier molecular flexibility index (Phi) is 6.92. The van der Waals surface area contributed by atoms with E-state index in [4.69, 9.17) is 9.47 Å². The molecule has 26 heavy (non-hydrogen) atoms. The lowest BCUT2D eigenvalue weighted by Crippen LogP contribution is -2.51. The average Bonchev–Trinajstić information content (AvgIpc) is 2.71. The van der Waals surface area contributed by atoms with E-state index in [0.717, 1.165) is 71.1 Å². The molecule has 2 aliphatic rings. The van der Waals surface area contributed by atoms with Crippen molar-refractivity contribution in [1.82, 2.24) is 10.2 Å². The third kappa shape index (κ3) is 4.57. The van der Waals surface area contributed by atoms with Crippen molar-refractivity contribution < 1.29 is 9.47 Å². The molecule has 0 atom stereocenters. The Morgan fingerprint density at radius 3 is 2.54 bits per heavy atom. The van der Waals surface area contributed by atoms with Crippen LogP contribution in [-0.4, -0.2) is 63.5 Å². The van der Waals surface area contributed by atoms with E-state index in [1.165, 1.54) is 5.56 Å². The van der Waals surface area contributed by atoms with E-state index >= 15 is 0 Å². The molecule has 2 fully saturated rings. The van der Waals surface area contributed by atoms with Crippen molar-refractivity contribution in [3.05, 3.63) is 35.9 Å². The van der Waals surface area contributed by atoms with E-state index in [1.807, 2.05) is 7.05 Å². The topological polar surface area (TPSA) is 46.1 Å². The summed E-state index contributed by atoms with van der Waals surface area (Å²) in [6.07, 6.45) is 4.65. The van der Waals surface area contributed by atoms with E-state index in [0.29, 0.717) is 6.10 Å². The molecule has 5 heteroatoms. The number of likely N-dealkylation sites (tertiary alicyclic amines) is 1. The van der Waals surface area contributed by atoms with Gasteiger partial charge in [0.05, 0.1) is 6.10 Å². The van der Waals surface area contributed by atoms with Gasteiger partial charge in [0.15, 0.2) is 5.96 Å². The Hall–Kier alpha value is -1.59. The van der Waals surface area contributed by atoms with Gasteiger partial charge in [-0.05, 0) is 38.2 Å². The zero-order valence-corrected chi connectivity index (χ0v) is 16.2. The van der Waals surface area contributed by atoms with Crippen LogP contribution in [0.2, 0.25) is 0 Å². The van der Waals surface area contributed by atoms with Gasteiger partial charge in [-0.15, -0.1) is 0 Å². The van der Waals surface area contributed by atoms with Crippen LogP contribution in [-0.2, 0) is 14.9 Å². The van der Waals surface area contributed by atoms with Gasteiger partial charge < -0.3 is 19.7 Å². The molecule has 1 N–H and O–H groups in total. The maximum absolute atomic E-state index is 5.77. The highest BCUT2D eigenvalue weighted by Crippen LogP contribution is 2.34. The summed E-state index contributed by atoms with van der Waals surface area (Å²) in [5, 5.41) is 3.67. The molecule has 0 unspecified atom stereocenters. The molecule has 5 nitrogen and oxygen atoms in total. The first-order valence-corrected chi connectivity index (χ1v) is 9.98. The highest BCUT2D eigenvalue weighted by atomic mass is 16.5. The first-order valence-electron chi connectivity index (χ1n) is 9.98. The fourth-order valence-electron chi connectivity index (χ4n) is 4.17. The normalized spacial score (nSPS) is 21.6. The molecular formula is C21H33N3O2. The molecule has 3 rings (SSSR count). The van der Waals surface area contributed by atoms with Gasteiger partial charge in [0.25, 0.3) is 0 Å². The van der Waals surface area contributed by atoms with Gasteiger partial charge in [-0.2, -0.15) is 0 Å². The highest BCUT2D eigenvalue weighted by Gasteiger charge is 2.35. The van der Waals surface area contributed by atoms with Crippen LogP contribution < -0.4 is 5.32 Å². The number of ether oxygens (including phenoxy) is 2. The van der Waals surface area contributed by atoms with Gasteiger partial charge >= 0.3 is 0 Å². The summed E-state index contributed by atoms with van der Waals surface area (Å²) in [7, 11) is 1.89. The molecule has 1 aromatic rings. The lowest BCUT2D eigenvalue weighted by Gasteiger charge is -2.40. The molecule has 144 valence electrons. The molecule has 0 amide bonds. The monoisotopic (exact) mass is 359 g/mol. The van der Waals surface area contributed by atoms with Gasteiger partial charge in [0, 0.05) is 51.9 Å². The van der Waals surface area contributed by atoms with Gasteiger partial charge in [0.2, 0.25) is 0 Å². The molecule has 0 radical (unpaired) electrons. The standard InChI is InChI=1S/C21H33N3O2/c1-3-26-19-9-13-24(14-10-19)20(22-2)23-17-21(11-15-25-16-12-21)18-7-5-4-6-8-18/h4-8,19H,3,9-17H2,1-2H3,(H,22,23). The molecule has 1 aromatic carbocycles. The maximum atomic E-state index is 5.77. The number of rotatable bonds is 5. The van der Waals surface area contributed by atoms with Crippen molar-refractivity contribution in [2.45, 2.75) is 44.1 Å². The third-order valence-corrected chi connectivity index (χ3v) is 5.78. The molecular weight excluding hydrogens is 326 g/mol. The van der Waals surface area contributed by atoms with Crippen molar-refractivity contribution in [1.29, 1.82) is 0 Å². The van der Waals surface area contributed by atoms with Crippen molar-refractivity contribution >= 4 is 5.96 Å². The van der Waals surface area contributed by atoms with Crippen LogP contribution in [0.1, 0.15) is 38.2 Å². The number of nitrogens with one attached hydrogen (secondary N) is 1. The van der Waals surface area contributed by atoms with Crippen LogP contribution in [0.25, 0.3) is 0 Å². The van der Waals surface area contributed by atoms with Crippen molar-refractivity contribution in [2.24, 2.45) is 4.99 Å². The first-order chi connectivity index (χ1) is 12.8. The van der Waals surface area contributed by atoms with E-state index in [-0.39, 0.29) is 5.41 Å². The van der Waals surface area contributed by atoms with Crippen LogP contribution in [0.5, 0.6) is 0 Å². The quantitative estimate of drug-likeness (QED) is 0.649. The fraction of sp³-hybridized carbons (Fsp3) is 0.667. The lowest BCUT2D eigenvalue weighted by molar-refractivity contribution is 0.0259. The summed E-state index contributed by atoms with van der Waals surface area (Å²) in [5.41, 5.74) is 1.53. The smallest absolute Gasteiger partial charge is 0.193 e. The first kappa shape index (κ1) is 19.2. The largest absolute Gasteiger partial charge is 0.381 e. The predicted molar refractivity (Wildman–Crippen MR) is 106 cm³/mol. The second-order valence-electron chi connectivity index (χ2n) is 7.30. The molecule has 0 saturated carbocycles. The Labute approximate surface area is 157 Å². The van der Waals surface area contributed by atoms with E-state index in [2.05, 4.69) is 52.5 Å². The third-order valence-electron chi connectivity index (χ3n) is 5.78. The van der Waals surface area contributed by atoms with Crippen LogP contribution in [0, 0.1) is 0 Å². The van der Waals surface area contributed by atoms with Gasteiger partial charge in [-0.25, -0.2) is 0 Å². The number of guanidine groups is 1. The SMILES string of the molecule is CCOC1CCN(C(=NC)NCC2(c3ccccc3)CCOCC2)CC1. The van der Waals surface area contributed by atoms with E-state index in [1.54, 1.807) is 0 Å². The molecule has 2 aliphatic heterocycles. The Bertz CT molecular complexity index is 562. The van der Waals surface area contributed by atoms with E-state index < -0.39 is 0 Å². The molecule has 0 spiro atoms. The maximum Gasteiger partial charge on any atom is 0.193 e. The second-order valence-corrected chi connectivity index (χ2v) is 7.30. The molecule has 0 aliphatic carbocycles. The Morgan fingerprint density at radius 1 is 1.23 bits per heavy atom. The van der Waals surface area contributed by atoms with Crippen LogP contribution in [0.3, 0.4) is 0 Å². The Morgan fingerprint density at radius 2 is 1.92 bits per heavy atom. The average molecular weight is 360 g/mol. The molecule has 2 heterocycles. The number of benzene rings is 1. The summed E-state index contributed by atoms with van der Waals surface area (Å²) in [5.74, 6) is 1.02. The molecule has 2 saturated heterocycles. The summed E-state index contributed by atoms with van der Waals surface area (Å²) < 4.78 is 11.4. The van der Waals surface area contributed by atoms with Gasteiger partial charge in [0.1, 0.15) is 0 Å². The Balaban J connectivity index is 1.63. The minimum atomic E-state index is 0.124. The summed E-state index contributed by atoms with van der Waals surface area (Å²) >= 11 is 0. The van der Waals surface area contributed by atoms with Crippen molar-refractivity contribution in [3.8, 4) is 0 Å². The zero-order chi connectivity index (χ0) is 18.2. The summed E-state index contributed by atoms with van der Waals surface area (Å²) in [6.45, 7) is 7.45. The summed E-state index contributed by atoms with van der Waals surface area (Å²) in [4.78, 5) is 6.92. The molecule has 0 aromatic heterocycles. The van der Waals surface area contributed by atoms with Gasteiger partial charge in [-0.3, -0.25) is 4.99 Å². The highest BCUT2D eigenvalue weighted by molar-refractivity contribution is 5.80. The van der Waals surface area contributed by atoms with Gasteiger partial charge in [-0.1, -0.05) is 30.3 Å². The van der Waals surface area contributed by atoms with Crippen LogP contribution >= 0.6 is 0 Å². The predicted octanol–water partition coefficient (Wildman–Crippen LogP) is 2.81. The van der Waals surface area contributed by atoms with Crippen molar-refractivity contribution in [3.63, 3.8) is 0 Å². The van der Waals surface area contributed by atoms with Crippen molar-refractivity contribution in [2.75, 3.05) is 46.5 Å². The van der Waals surface area contributed by atoms with E-state index in [9.17, 15) is 0 Å². The number of aliphatic imine (C=N–C) groups is 1. The minimum Gasteiger partial charge on any atom is -0.381 e. The zero-order valence-electron chi connectivity index (χ0n) is 16.2. The number of hydrogen-bond acceptors (Lipinski definition) is 3. The second kappa shape index (κ2) is 9.38. The minimum absolute atomic E-state index is 0.124. The lowest BCUT2D eigenvalue weighted by atomic mass is 9.74. The fourth-order valence-corrected chi connectivity index (χ4v) is 4.17. The molecule has 0 bridgehead atoms. The number of piperidine rings is 1.